The molecule has 3 rings (SSSR count). The third-order valence-corrected chi connectivity index (χ3v) is 4.07. The van der Waals surface area contributed by atoms with E-state index in [2.05, 4.69) is 10.3 Å². The molecule has 7 nitrogen and oxygen atoms in total. The van der Waals surface area contributed by atoms with Gasteiger partial charge < -0.3 is 5.73 Å². The number of carbonyl (C=O) groups is 2. The van der Waals surface area contributed by atoms with Gasteiger partial charge in [0.2, 0.25) is 11.8 Å². The van der Waals surface area contributed by atoms with Crippen LogP contribution in [0.2, 0.25) is 0 Å². The highest BCUT2D eigenvalue weighted by molar-refractivity contribution is 5.99. The summed E-state index contributed by atoms with van der Waals surface area (Å²) in [5.74, 6) is -0.346. The predicted molar refractivity (Wildman–Crippen MR) is 81.3 cm³/mol. The fourth-order valence-electron chi connectivity index (χ4n) is 2.87. The first kappa shape index (κ1) is 14.2. The Morgan fingerprint density at radius 3 is 2.68 bits per heavy atom. The number of amides is 2. The van der Waals surface area contributed by atoms with Gasteiger partial charge in [0.25, 0.3) is 5.56 Å². The minimum absolute atomic E-state index is 0.205. The Morgan fingerprint density at radius 2 is 2.00 bits per heavy atom. The van der Waals surface area contributed by atoms with Gasteiger partial charge in [0.1, 0.15) is 11.9 Å². The molecule has 0 saturated carbocycles. The summed E-state index contributed by atoms with van der Waals surface area (Å²) < 4.78 is 1.36. The van der Waals surface area contributed by atoms with E-state index in [-0.39, 0.29) is 17.9 Å². The van der Waals surface area contributed by atoms with Crippen molar-refractivity contribution < 1.29 is 9.59 Å². The number of piperidine rings is 1. The van der Waals surface area contributed by atoms with E-state index in [0.29, 0.717) is 34.4 Å². The van der Waals surface area contributed by atoms with E-state index in [9.17, 15) is 14.4 Å². The van der Waals surface area contributed by atoms with Crippen LogP contribution in [0.15, 0.2) is 16.9 Å². The zero-order chi connectivity index (χ0) is 16.0. The van der Waals surface area contributed by atoms with Gasteiger partial charge >= 0.3 is 0 Å². The molecule has 22 heavy (non-hydrogen) atoms. The Labute approximate surface area is 126 Å². The number of nitrogens with zero attached hydrogens (tertiary/aromatic N) is 2. The lowest BCUT2D eigenvalue weighted by molar-refractivity contribution is -0.135. The van der Waals surface area contributed by atoms with E-state index in [4.69, 9.17) is 5.73 Å². The van der Waals surface area contributed by atoms with Crippen molar-refractivity contribution in [3.63, 3.8) is 0 Å². The van der Waals surface area contributed by atoms with Crippen LogP contribution in [0.5, 0.6) is 0 Å². The predicted octanol–water partition coefficient (Wildman–Crippen LogP) is 0.573. The molecule has 1 atom stereocenters. The monoisotopic (exact) mass is 300 g/mol. The number of carbonyl (C=O) groups excluding carboxylic acids is 2. The van der Waals surface area contributed by atoms with Crippen LogP contribution in [0.3, 0.4) is 0 Å². The Balaban J connectivity index is 2.26. The third kappa shape index (κ3) is 2.05. The molecule has 0 aliphatic carbocycles. The van der Waals surface area contributed by atoms with Gasteiger partial charge in [-0.3, -0.25) is 24.3 Å². The molecule has 3 N–H and O–H groups in total. The maximum atomic E-state index is 12.9. The number of fused-ring (bicyclic) bond motifs is 1. The third-order valence-electron chi connectivity index (χ3n) is 4.07. The van der Waals surface area contributed by atoms with Crippen LogP contribution in [0.25, 0.3) is 10.9 Å². The average molecular weight is 300 g/mol. The average Bonchev–Trinajstić information content (AvgIpc) is 2.45. The number of rotatable bonds is 1. The minimum Gasteiger partial charge on any atom is -0.398 e. The molecule has 114 valence electrons. The summed E-state index contributed by atoms with van der Waals surface area (Å²) in [4.78, 5) is 40.6. The fraction of sp³-hybridized carbons (Fsp3) is 0.333. The number of hydrogen-bond donors (Lipinski definition) is 2. The molecule has 2 heterocycles. The van der Waals surface area contributed by atoms with E-state index in [1.807, 2.05) is 0 Å². The van der Waals surface area contributed by atoms with Crippen molar-refractivity contribution in [2.24, 2.45) is 0 Å². The Hall–Kier alpha value is -2.70. The van der Waals surface area contributed by atoms with Gasteiger partial charge in [0.15, 0.2) is 0 Å². The van der Waals surface area contributed by atoms with Gasteiger partial charge in [-0.1, -0.05) is 0 Å². The lowest BCUT2D eigenvalue weighted by Gasteiger charge is -2.24. The summed E-state index contributed by atoms with van der Waals surface area (Å²) in [6.45, 7) is 3.43. The van der Waals surface area contributed by atoms with Crippen LogP contribution in [-0.2, 0) is 9.59 Å². The van der Waals surface area contributed by atoms with Crippen molar-refractivity contribution in [1.82, 2.24) is 14.9 Å². The molecule has 1 aliphatic heterocycles. The number of aromatic nitrogens is 2. The maximum Gasteiger partial charge on any atom is 0.262 e. The van der Waals surface area contributed by atoms with E-state index in [1.165, 1.54) is 4.57 Å². The summed E-state index contributed by atoms with van der Waals surface area (Å²) in [5, 5.41) is 2.68. The van der Waals surface area contributed by atoms with Gasteiger partial charge in [-0.15, -0.1) is 0 Å². The first-order chi connectivity index (χ1) is 10.4. The molecule has 1 saturated heterocycles. The molecule has 1 fully saturated rings. The Bertz CT molecular complexity index is 869. The molecule has 0 bridgehead atoms. The van der Waals surface area contributed by atoms with E-state index < -0.39 is 11.9 Å². The normalized spacial score (nSPS) is 18.5. The van der Waals surface area contributed by atoms with E-state index in [1.54, 1.807) is 26.0 Å². The van der Waals surface area contributed by atoms with E-state index >= 15 is 0 Å². The number of aryl methyl sites for hydroxylation is 2. The maximum absolute atomic E-state index is 12.9. The van der Waals surface area contributed by atoms with Crippen molar-refractivity contribution in [2.45, 2.75) is 32.7 Å². The lowest BCUT2D eigenvalue weighted by Crippen LogP contribution is -2.45. The van der Waals surface area contributed by atoms with Crippen LogP contribution >= 0.6 is 0 Å². The second kappa shape index (κ2) is 4.94. The summed E-state index contributed by atoms with van der Waals surface area (Å²) in [6, 6.07) is 2.68. The largest absolute Gasteiger partial charge is 0.398 e. The molecule has 7 heteroatoms. The quantitative estimate of drug-likeness (QED) is 0.591. The SMILES string of the molecule is Cc1c(N)ccc2nc(C)n(C3CCC(=O)NC3=O)c(=O)c12. The molecular weight excluding hydrogens is 284 g/mol. The summed E-state index contributed by atoms with van der Waals surface area (Å²) in [7, 11) is 0. The molecular formula is C15H16N4O3. The number of nitrogen functional groups attached to an aromatic ring is 1. The van der Waals surface area contributed by atoms with Crippen LogP contribution in [0.1, 0.15) is 30.3 Å². The Kier molecular flexibility index (Phi) is 3.20. The topological polar surface area (TPSA) is 107 Å². The molecule has 2 aromatic rings. The smallest absolute Gasteiger partial charge is 0.262 e. The molecule has 0 radical (unpaired) electrons. The fourth-order valence-corrected chi connectivity index (χ4v) is 2.87. The molecule has 0 spiro atoms. The standard InChI is InChI=1S/C15H16N4O3/c1-7-9(16)3-4-10-13(7)15(22)19(8(2)17-10)11-5-6-12(20)18-14(11)21/h3-4,11H,5-6,16H2,1-2H3,(H,18,20,21). The van der Waals surface area contributed by atoms with Crippen molar-refractivity contribution in [2.75, 3.05) is 5.73 Å². The zero-order valence-electron chi connectivity index (χ0n) is 12.3. The number of imide groups is 1. The van der Waals surface area contributed by atoms with Crippen LogP contribution in [0, 0.1) is 13.8 Å². The van der Waals surface area contributed by atoms with Gasteiger partial charge in [0.05, 0.1) is 10.9 Å². The number of hydrogen-bond acceptors (Lipinski definition) is 5. The second-order valence-corrected chi connectivity index (χ2v) is 5.47. The highest BCUT2D eigenvalue weighted by atomic mass is 16.2. The van der Waals surface area contributed by atoms with Crippen LogP contribution < -0.4 is 16.6 Å². The highest BCUT2D eigenvalue weighted by Gasteiger charge is 2.30. The van der Waals surface area contributed by atoms with Gasteiger partial charge in [-0.05, 0) is 38.0 Å². The second-order valence-electron chi connectivity index (χ2n) is 5.47. The highest BCUT2D eigenvalue weighted by Crippen LogP contribution is 2.23. The van der Waals surface area contributed by atoms with E-state index in [0.717, 1.165) is 0 Å². The molecule has 1 aliphatic rings. The first-order valence-corrected chi connectivity index (χ1v) is 7.01. The number of benzene rings is 1. The summed E-state index contributed by atoms with van der Waals surface area (Å²) >= 11 is 0. The summed E-state index contributed by atoms with van der Waals surface area (Å²) in [5.41, 5.74) is 7.27. The molecule has 1 aromatic carbocycles. The Morgan fingerprint density at radius 1 is 1.27 bits per heavy atom. The molecule has 2 amide bonds. The number of nitrogens with one attached hydrogen (secondary N) is 1. The zero-order valence-corrected chi connectivity index (χ0v) is 12.3. The van der Waals surface area contributed by atoms with Crippen LogP contribution in [-0.4, -0.2) is 21.4 Å². The lowest BCUT2D eigenvalue weighted by atomic mass is 10.0. The molecule has 1 aromatic heterocycles. The van der Waals surface area contributed by atoms with Gasteiger partial charge in [-0.25, -0.2) is 4.98 Å². The number of nitrogens with two attached hydrogens (primary N) is 1. The first-order valence-electron chi connectivity index (χ1n) is 7.01. The van der Waals surface area contributed by atoms with Crippen LogP contribution in [0.4, 0.5) is 5.69 Å². The van der Waals surface area contributed by atoms with Crippen molar-refractivity contribution in [3.05, 3.63) is 33.9 Å². The summed E-state index contributed by atoms with van der Waals surface area (Å²) in [6.07, 6.45) is 0.496. The number of anilines is 1. The molecule has 1 unspecified atom stereocenters. The van der Waals surface area contributed by atoms with Crippen molar-refractivity contribution in [3.8, 4) is 0 Å². The van der Waals surface area contributed by atoms with Gasteiger partial charge in [0, 0.05) is 12.1 Å². The van der Waals surface area contributed by atoms with Gasteiger partial charge in [-0.2, -0.15) is 0 Å². The van der Waals surface area contributed by atoms with Crippen molar-refractivity contribution >= 4 is 28.4 Å². The minimum atomic E-state index is -0.720. The van der Waals surface area contributed by atoms with Crippen molar-refractivity contribution in [1.29, 1.82) is 0 Å².